The highest BCUT2D eigenvalue weighted by Gasteiger charge is 2.52. The van der Waals surface area contributed by atoms with Crippen LogP contribution in [0.4, 0.5) is 87.8 Å². The van der Waals surface area contributed by atoms with Crippen LogP contribution in [0.25, 0.3) is 0 Å². The summed E-state index contributed by atoms with van der Waals surface area (Å²) in [7, 11) is 0. The Morgan fingerprint density at radius 2 is 0.333 bits per heavy atom. The number of hydrogen-bond donors (Lipinski definition) is 2. The molecule has 0 aliphatic carbocycles. The lowest BCUT2D eigenvalue weighted by Gasteiger charge is -2.44. The molecule has 0 unspecified atom stereocenters. The van der Waals surface area contributed by atoms with Crippen molar-refractivity contribution in [2.45, 2.75) is 41.5 Å². The van der Waals surface area contributed by atoms with E-state index in [2.05, 4.69) is 163 Å². The van der Waals surface area contributed by atoms with Crippen molar-refractivity contribution in [3.8, 4) is 0 Å². The molecule has 0 aromatic heterocycles. The van der Waals surface area contributed by atoms with Crippen molar-refractivity contribution in [1.82, 2.24) is 0 Å². The highest BCUT2D eigenvalue weighted by Crippen LogP contribution is 2.31. The molecule has 2 N–H and O–H groups in total. The van der Waals surface area contributed by atoms with Crippen LogP contribution >= 0.6 is 0 Å². The second kappa shape index (κ2) is 28.8. The second-order valence-electron chi connectivity index (χ2n) is 18.9. The molecule has 0 bridgehead atoms. The number of nitrogens with one attached hydrogen (secondary N) is 2. The molecule has 448 valence electrons. The van der Waals surface area contributed by atoms with E-state index in [-0.39, 0.29) is 0 Å². The summed E-state index contributed by atoms with van der Waals surface area (Å²) in [5, 5.41) is 0. The summed E-state index contributed by atoms with van der Waals surface area (Å²) >= 11 is 0. The molecule has 84 heavy (non-hydrogen) atoms. The maximum Gasteiger partial charge on any atom is 0.200 e. The molecule has 24 heteroatoms. The molecule has 2 nitrogen and oxygen atoms in total. The van der Waals surface area contributed by atoms with Gasteiger partial charge in [0.25, 0.3) is 0 Å². The van der Waals surface area contributed by atoms with E-state index < -0.39 is 150 Å². The van der Waals surface area contributed by atoms with Gasteiger partial charge in [-0.15, -0.1) is 21.9 Å². The van der Waals surface area contributed by atoms with Crippen LogP contribution in [0, 0.1) is 116 Å². The zero-order valence-corrected chi connectivity index (χ0v) is 45.5. The maximum absolute atomic E-state index is 15.4. The van der Waals surface area contributed by atoms with Crippen LogP contribution in [0.3, 0.4) is 0 Å². The number of benzene rings is 8. The monoisotopic (exact) mass is 1200 g/mol. The summed E-state index contributed by atoms with van der Waals surface area (Å²) < 4.78 is 294. The molecule has 0 aliphatic heterocycles. The Balaban J connectivity index is 0.000000273. The van der Waals surface area contributed by atoms with Gasteiger partial charge in [-0.2, -0.15) is 21.9 Å². The third-order valence-corrected chi connectivity index (χ3v) is 14.9. The van der Waals surface area contributed by atoms with E-state index >= 15 is 35.1 Å². The molecule has 0 aliphatic rings. The van der Waals surface area contributed by atoms with Gasteiger partial charge in [-0.05, 0) is 41.5 Å². The molecule has 0 radical (unpaired) electrons. The van der Waals surface area contributed by atoms with Crippen LogP contribution in [0.2, 0.25) is 0 Å². The van der Waals surface area contributed by atoms with E-state index in [9.17, 15) is 52.7 Å². The van der Waals surface area contributed by atoms with Crippen molar-refractivity contribution in [2.24, 2.45) is 0 Å². The second-order valence-corrected chi connectivity index (χ2v) is 18.9. The van der Waals surface area contributed by atoms with Gasteiger partial charge < -0.3 is 9.80 Å². The Morgan fingerprint density at radius 3 is 0.452 bits per heavy atom. The minimum absolute atomic E-state index is 1.22. The van der Waals surface area contributed by atoms with E-state index in [1.165, 1.54) is 61.1 Å². The smallest absolute Gasteiger partial charge is 0.200 e. The van der Waals surface area contributed by atoms with Crippen LogP contribution in [0.1, 0.15) is 41.5 Å². The molecule has 0 fully saturated rings. The number of hydrogen-bond acceptors (Lipinski definition) is 0. The van der Waals surface area contributed by atoms with Gasteiger partial charge in [-0.1, -0.05) is 121 Å². The highest BCUT2D eigenvalue weighted by atomic mass is 19.2. The van der Waals surface area contributed by atoms with Crippen molar-refractivity contribution < 1.29 is 97.6 Å². The van der Waals surface area contributed by atoms with Crippen LogP contribution in [0.5, 0.6) is 0 Å². The lowest BCUT2D eigenvalue weighted by Crippen LogP contribution is -3.11. The molecule has 0 amide bonds. The molecular formula is C60H52B2F20N2. The van der Waals surface area contributed by atoms with E-state index in [0.717, 1.165) is 0 Å². The quantitative estimate of drug-likeness (QED) is 0.0467. The zero-order valence-electron chi connectivity index (χ0n) is 45.5. The summed E-state index contributed by atoms with van der Waals surface area (Å²) in [4.78, 5) is 3.36. The summed E-state index contributed by atoms with van der Waals surface area (Å²) in [5.41, 5.74) is -8.97. The molecule has 0 spiro atoms. The third kappa shape index (κ3) is 12.3. The van der Waals surface area contributed by atoms with E-state index in [1.54, 1.807) is 9.80 Å². The van der Waals surface area contributed by atoms with Gasteiger partial charge in [-0.25, -0.2) is 87.8 Å². The molecule has 8 rings (SSSR count). The maximum atomic E-state index is 15.4. The largest absolute Gasteiger partial charge is 0.336 e. The first-order chi connectivity index (χ1) is 39.8. The first-order valence-electron chi connectivity index (χ1n) is 26.1. The standard InChI is InChI=1S/C24BF20.C24H20B.2C6H15N/c26-5-1(6(27)14(35)21(42)13(5)34)25(2-7(28)15(36)22(43)16(37)8(2)29,3-9(30)17(38)23(44)18(39)10(3)31)4-11(32)19(40)24(45)20(41)12(4)33;1-5-13-21(14-6-1)25(22-15-7-2-8-16-22,23-17-9-3-10-18-23)24-19-11-4-12-20-24;2*1-4-7(5-2)6-3/h;1-20H;2*4-6H2,1-3H3/q2*-1;;/p+2. The van der Waals surface area contributed by atoms with Gasteiger partial charge in [0, 0.05) is 0 Å². The molecular weight excluding hydrogens is 1150 g/mol. The van der Waals surface area contributed by atoms with Gasteiger partial charge in [0.1, 0.15) is 58.8 Å². The number of halogens is 20. The first kappa shape index (κ1) is 67.2. The summed E-state index contributed by atoms with van der Waals surface area (Å²) in [5.74, 6) is -71.4. The fourth-order valence-corrected chi connectivity index (χ4v) is 10.5. The van der Waals surface area contributed by atoms with Gasteiger partial charge in [-0.3, -0.25) is 0 Å². The zero-order chi connectivity index (χ0) is 62.7. The average Bonchev–Trinajstić information content (AvgIpc) is 2.01. The molecule has 0 saturated heterocycles. The molecule has 0 saturated carbocycles. The van der Waals surface area contributed by atoms with Crippen molar-refractivity contribution in [3.05, 3.63) is 238 Å². The van der Waals surface area contributed by atoms with Gasteiger partial charge >= 0.3 is 0 Å². The molecule has 0 atom stereocenters. The predicted molar refractivity (Wildman–Crippen MR) is 284 cm³/mol. The Kier molecular flexibility index (Phi) is 23.0. The van der Waals surface area contributed by atoms with Crippen molar-refractivity contribution in [2.75, 3.05) is 39.3 Å². The minimum atomic E-state index is -7.22. The molecule has 8 aromatic rings. The SMILES string of the molecule is CC[NH+](CC)CC.CC[NH+](CC)CC.Fc1c(F)c(F)c([B-](c2c(F)c(F)c(F)c(F)c2F)(c2c(F)c(F)c(F)c(F)c2F)c2c(F)c(F)c(F)c(F)c2F)c(F)c1F.c1ccc([B-](c2ccccc2)(c2ccccc2)c2ccccc2)cc1. The number of quaternary nitrogens is 2. The van der Waals surface area contributed by atoms with E-state index in [4.69, 9.17) is 0 Å². The average molecular weight is 1200 g/mol. The van der Waals surface area contributed by atoms with Crippen molar-refractivity contribution >= 4 is 56.0 Å². The molecule has 0 heterocycles. The minimum Gasteiger partial charge on any atom is -0.336 e. The van der Waals surface area contributed by atoms with E-state index in [0.29, 0.717) is 0 Å². The van der Waals surface area contributed by atoms with E-state index in [1.807, 2.05) is 0 Å². The summed E-state index contributed by atoms with van der Waals surface area (Å²) in [6.07, 6.45) is -8.43. The Hall–Kier alpha value is -7.59. The van der Waals surface area contributed by atoms with Crippen LogP contribution < -0.4 is 53.5 Å². The fourth-order valence-electron chi connectivity index (χ4n) is 10.5. The van der Waals surface area contributed by atoms with Crippen LogP contribution in [0.15, 0.2) is 121 Å². The predicted octanol–water partition coefficient (Wildman–Crippen LogP) is 8.77. The highest BCUT2D eigenvalue weighted by molar-refractivity contribution is 7.20. The molecule has 8 aromatic carbocycles. The van der Waals surface area contributed by atoms with Gasteiger partial charge in [0.05, 0.1) is 39.3 Å². The summed E-state index contributed by atoms with van der Waals surface area (Å²) in [6, 6.07) is 43.5. The fraction of sp³-hybridized carbons (Fsp3) is 0.200. The first-order valence-corrected chi connectivity index (χ1v) is 26.1. The lowest BCUT2D eigenvalue weighted by molar-refractivity contribution is -0.894. The van der Waals surface area contributed by atoms with Crippen molar-refractivity contribution in [1.29, 1.82) is 0 Å². The lowest BCUT2D eigenvalue weighted by atomic mass is 9.12. The van der Waals surface area contributed by atoms with Crippen LogP contribution in [-0.4, -0.2) is 51.6 Å². The van der Waals surface area contributed by atoms with Crippen LogP contribution in [-0.2, 0) is 0 Å². The Labute approximate surface area is 470 Å². The Morgan fingerprint density at radius 1 is 0.202 bits per heavy atom. The third-order valence-electron chi connectivity index (χ3n) is 14.9. The van der Waals surface area contributed by atoms with Crippen molar-refractivity contribution in [3.63, 3.8) is 0 Å². The normalized spacial score (nSPS) is 11.5. The van der Waals surface area contributed by atoms with Gasteiger partial charge in [0.2, 0.25) is 0 Å². The van der Waals surface area contributed by atoms with Gasteiger partial charge in [0.15, 0.2) is 69.8 Å². The Bertz CT molecular complexity index is 2970. The number of rotatable bonds is 14. The summed E-state index contributed by atoms with van der Waals surface area (Å²) in [6.45, 7) is 21.0. The topological polar surface area (TPSA) is 8.88 Å².